The van der Waals surface area contributed by atoms with E-state index in [9.17, 15) is 14.4 Å². The lowest BCUT2D eigenvalue weighted by Gasteiger charge is -2.39. The molecule has 0 atom stereocenters. The first-order valence-corrected chi connectivity index (χ1v) is 5.96. The minimum absolute atomic E-state index is 0.0113. The van der Waals surface area contributed by atoms with E-state index in [4.69, 9.17) is 5.11 Å². The van der Waals surface area contributed by atoms with Gasteiger partial charge in [0.2, 0.25) is 5.91 Å². The fourth-order valence-corrected chi connectivity index (χ4v) is 1.76. The van der Waals surface area contributed by atoms with E-state index >= 15 is 0 Å². The van der Waals surface area contributed by atoms with E-state index < -0.39 is 11.9 Å². The van der Waals surface area contributed by atoms with Gasteiger partial charge in [-0.25, -0.2) is 4.79 Å². The topological polar surface area (TPSA) is 90.0 Å². The molecule has 0 spiro atoms. The molecule has 7 nitrogen and oxygen atoms in total. The van der Waals surface area contributed by atoms with Crippen LogP contribution in [-0.2, 0) is 9.59 Å². The Balaban J connectivity index is 2.51. The predicted molar refractivity (Wildman–Crippen MR) is 64.0 cm³/mol. The summed E-state index contributed by atoms with van der Waals surface area (Å²) >= 11 is 0. The molecule has 0 radical (unpaired) electrons. The van der Waals surface area contributed by atoms with Crippen LogP contribution in [0.15, 0.2) is 0 Å². The van der Waals surface area contributed by atoms with Crippen molar-refractivity contribution in [1.82, 2.24) is 15.1 Å². The lowest BCUT2D eigenvalue weighted by molar-refractivity contribution is -0.146. The first-order chi connectivity index (χ1) is 8.49. The van der Waals surface area contributed by atoms with Gasteiger partial charge in [0.05, 0.1) is 5.92 Å². The highest BCUT2D eigenvalue weighted by Crippen LogP contribution is 2.17. The lowest BCUT2D eigenvalue weighted by atomic mass is 10.0. The number of nitrogens with one attached hydrogen (secondary N) is 1. The van der Waals surface area contributed by atoms with Crippen molar-refractivity contribution in [3.8, 4) is 0 Å². The van der Waals surface area contributed by atoms with Crippen molar-refractivity contribution in [3.63, 3.8) is 0 Å². The highest BCUT2D eigenvalue weighted by molar-refractivity contribution is 5.85. The van der Waals surface area contributed by atoms with Crippen LogP contribution in [0.5, 0.6) is 0 Å². The number of urea groups is 1. The zero-order valence-electron chi connectivity index (χ0n) is 10.7. The smallest absolute Gasteiger partial charge is 0.320 e. The van der Waals surface area contributed by atoms with Crippen molar-refractivity contribution in [1.29, 1.82) is 0 Å². The average molecular weight is 257 g/mol. The molecule has 102 valence electrons. The predicted octanol–water partition coefficient (Wildman–Crippen LogP) is -0.419. The van der Waals surface area contributed by atoms with Crippen LogP contribution in [0.1, 0.15) is 13.3 Å². The summed E-state index contributed by atoms with van der Waals surface area (Å²) in [4.78, 5) is 36.9. The lowest BCUT2D eigenvalue weighted by Crippen LogP contribution is -2.58. The third-order valence-electron chi connectivity index (χ3n) is 2.88. The second-order valence-corrected chi connectivity index (χ2v) is 4.32. The Hall–Kier alpha value is -1.79. The molecule has 18 heavy (non-hydrogen) atoms. The van der Waals surface area contributed by atoms with Gasteiger partial charge in [-0.2, -0.15) is 0 Å². The van der Waals surface area contributed by atoms with Crippen molar-refractivity contribution in [2.45, 2.75) is 13.3 Å². The summed E-state index contributed by atoms with van der Waals surface area (Å²) in [5, 5.41) is 11.2. The summed E-state index contributed by atoms with van der Waals surface area (Å²) < 4.78 is 0. The molecule has 1 aliphatic heterocycles. The van der Waals surface area contributed by atoms with Gasteiger partial charge in [-0.3, -0.25) is 9.59 Å². The summed E-state index contributed by atoms with van der Waals surface area (Å²) in [6, 6.07) is -0.266. The third-order valence-corrected chi connectivity index (χ3v) is 2.88. The molecule has 2 N–H and O–H groups in total. The standard InChI is InChI=1S/C11H19N3O4/c1-3-4-13(7-9(15)12-2)11(18)14-5-8(6-14)10(16)17/h8H,3-7H2,1-2H3,(H,12,15)(H,16,17). The van der Waals surface area contributed by atoms with Gasteiger partial charge in [-0.05, 0) is 6.42 Å². The van der Waals surface area contributed by atoms with E-state index in [1.807, 2.05) is 6.92 Å². The molecule has 1 aliphatic rings. The van der Waals surface area contributed by atoms with Crippen molar-refractivity contribution in [2.24, 2.45) is 5.92 Å². The number of likely N-dealkylation sites (tertiary alicyclic amines) is 1. The number of aliphatic carboxylic acids is 1. The summed E-state index contributed by atoms with van der Waals surface area (Å²) in [7, 11) is 1.51. The fourth-order valence-electron chi connectivity index (χ4n) is 1.76. The molecule has 3 amide bonds. The number of hydrogen-bond donors (Lipinski definition) is 2. The van der Waals surface area contributed by atoms with Crippen molar-refractivity contribution in [3.05, 3.63) is 0 Å². The molecular weight excluding hydrogens is 238 g/mol. The Bertz CT molecular complexity index is 339. The fraction of sp³-hybridized carbons (Fsp3) is 0.727. The molecule has 0 bridgehead atoms. The maximum Gasteiger partial charge on any atom is 0.320 e. The molecule has 0 saturated carbocycles. The molecule has 1 rings (SSSR count). The molecule has 7 heteroatoms. The van der Waals surface area contributed by atoms with E-state index in [1.54, 1.807) is 0 Å². The number of rotatable bonds is 5. The largest absolute Gasteiger partial charge is 0.481 e. The Morgan fingerprint density at radius 1 is 1.39 bits per heavy atom. The maximum atomic E-state index is 12.0. The SMILES string of the molecule is CCCN(CC(=O)NC)C(=O)N1CC(C(=O)O)C1. The second-order valence-electron chi connectivity index (χ2n) is 4.32. The number of carbonyl (C=O) groups excluding carboxylic acids is 2. The monoisotopic (exact) mass is 257 g/mol. The van der Waals surface area contributed by atoms with Crippen LogP contribution in [-0.4, -0.2) is 66.0 Å². The van der Waals surface area contributed by atoms with Gasteiger partial charge in [-0.15, -0.1) is 0 Å². The minimum atomic E-state index is -0.882. The molecule has 0 aliphatic carbocycles. The molecule has 1 saturated heterocycles. The van der Waals surface area contributed by atoms with Gasteiger partial charge in [0.25, 0.3) is 0 Å². The first kappa shape index (κ1) is 14.3. The van der Waals surface area contributed by atoms with Crippen LogP contribution < -0.4 is 5.32 Å². The highest BCUT2D eigenvalue weighted by atomic mass is 16.4. The molecule has 1 heterocycles. The van der Waals surface area contributed by atoms with Gasteiger partial charge >= 0.3 is 12.0 Å². The molecule has 0 aromatic carbocycles. The summed E-state index contributed by atoms with van der Waals surface area (Å²) in [5.74, 6) is -1.59. The van der Waals surface area contributed by atoms with Crippen LogP contribution in [0, 0.1) is 5.92 Å². The molecule has 0 aromatic rings. The number of nitrogens with zero attached hydrogens (tertiary/aromatic N) is 2. The van der Waals surface area contributed by atoms with Gasteiger partial charge in [0.1, 0.15) is 6.54 Å². The number of hydrogen-bond acceptors (Lipinski definition) is 3. The first-order valence-electron chi connectivity index (χ1n) is 5.96. The zero-order chi connectivity index (χ0) is 13.7. The number of carboxylic acid groups (broad SMARTS) is 1. The minimum Gasteiger partial charge on any atom is -0.481 e. The maximum absolute atomic E-state index is 12.0. The Morgan fingerprint density at radius 3 is 2.44 bits per heavy atom. The van der Waals surface area contributed by atoms with Gasteiger partial charge in [0, 0.05) is 26.7 Å². The molecular formula is C11H19N3O4. The van der Waals surface area contributed by atoms with E-state index in [0.29, 0.717) is 6.54 Å². The van der Waals surface area contributed by atoms with E-state index in [-0.39, 0.29) is 31.6 Å². The van der Waals surface area contributed by atoms with Gasteiger partial charge in [-0.1, -0.05) is 6.92 Å². The number of likely N-dealkylation sites (N-methyl/N-ethyl adjacent to an activating group) is 1. The number of amides is 3. The van der Waals surface area contributed by atoms with Crippen molar-refractivity contribution >= 4 is 17.9 Å². The normalized spacial score (nSPS) is 14.9. The van der Waals surface area contributed by atoms with Gasteiger partial charge in [0.15, 0.2) is 0 Å². The molecule has 0 unspecified atom stereocenters. The quantitative estimate of drug-likeness (QED) is 0.700. The van der Waals surface area contributed by atoms with Crippen LogP contribution >= 0.6 is 0 Å². The number of carboxylic acids is 1. The second kappa shape index (κ2) is 6.23. The number of carbonyl (C=O) groups is 3. The summed E-state index contributed by atoms with van der Waals surface area (Å²) in [6.07, 6.45) is 0.749. The molecule has 0 aromatic heterocycles. The highest BCUT2D eigenvalue weighted by Gasteiger charge is 2.37. The van der Waals surface area contributed by atoms with E-state index in [0.717, 1.165) is 6.42 Å². The average Bonchev–Trinajstić information content (AvgIpc) is 2.25. The summed E-state index contributed by atoms with van der Waals surface area (Å²) in [6.45, 7) is 2.86. The van der Waals surface area contributed by atoms with E-state index in [1.165, 1.54) is 16.8 Å². The Morgan fingerprint density at radius 2 is 2.00 bits per heavy atom. The van der Waals surface area contributed by atoms with Crippen LogP contribution in [0.4, 0.5) is 4.79 Å². The Labute approximate surface area is 106 Å². The van der Waals surface area contributed by atoms with Crippen LogP contribution in [0.2, 0.25) is 0 Å². The summed E-state index contributed by atoms with van der Waals surface area (Å²) in [5.41, 5.74) is 0. The zero-order valence-corrected chi connectivity index (χ0v) is 10.7. The van der Waals surface area contributed by atoms with Crippen LogP contribution in [0.25, 0.3) is 0 Å². The Kier molecular flexibility index (Phi) is 4.94. The van der Waals surface area contributed by atoms with E-state index in [2.05, 4.69) is 5.32 Å². The van der Waals surface area contributed by atoms with Crippen molar-refractivity contribution in [2.75, 3.05) is 33.2 Å². The van der Waals surface area contributed by atoms with Gasteiger partial charge < -0.3 is 20.2 Å². The third kappa shape index (κ3) is 3.35. The molecule has 1 fully saturated rings. The van der Waals surface area contributed by atoms with Crippen molar-refractivity contribution < 1.29 is 19.5 Å². The van der Waals surface area contributed by atoms with Crippen LogP contribution in [0.3, 0.4) is 0 Å².